The number of amides is 1. The third-order valence-electron chi connectivity index (χ3n) is 2.40. The smallest absolute Gasteiger partial charge is 0.407 e. The summed E-state index contributed by atoms with van der Waals surface area (Å²) in [5.74, 6) is 0.420. The molecule has 1 fully saturated rings. The number of hydrogen-bond acceptors (Lipinski definition) is 2. The predicted octanol–water partition coefficient (Wildman–Crippen LogP) is 0.757. The Morgan fingerprint density at radius 1 is 1.58 bits per heavy atom. The summed E-state index contributed by atoms with van der Waals surface area (Å²) in [6.45, 7) is 2.53. The standard InChI is InChI=1S/C8H15NO3/c1-6-2-3-7(5-10)9(4-6)8(11)12/h6-7,10H,2-5H2,1H3,(H,11,12)/t6-,7+/m1/s1. The van der Waals surface area contributed by atoms with Crippen LogP contribution in [0.3, 0.4) is 0 Å². The number of aliphatic hydroxyl groups excluding tert-OH is 1. The van der Waals surface area contributed by atoms with Crippen molar-refractivity contribution in [3.63, 3.8) is 0 Å². The molecule has 4 nitrogen and oxygen atoms in total. The van der Waals surface area contributed by atoms with Crippen molar-refractivity contribution in [3.8, 4) is 0 Å². The maximum atomic E-state index is 10.7. The Morgan fingerprint density at radius 2 is 2.25 bits per heavy atom. The van der Waals surface area contributed by atoms with E-state index in [1.807, 2.05) is 6.92 Å². The van der Waals surface area contributed by atoms with E-state index in [1.165, 1.54) is 4.90 Å². The van der Waals surface area contributed by atoms with Crippen molar-refractivity contribution >= 4 is 6.09 Å². The third-order valence-corrected chi connectivity index (χ3v) is 2.40. The highest BCUT2D eigenvalue weighted by atomic mass is 16.4. The molecule has 0 aromatic heterocycles. The molecule has 0 spiro atoms. The molecule has 0 radical (unpaired) electrons. The Labute approximate surface area is 71.8 Å². The molecule has 12 heavy (non-hydrogen) atoms. The zero-order valence-electron chi connectivity index (χ0n) is 7.23. The SMILES string of the molecule is C[C@@H]1CC[C@@H](CO)N(C(=O)O)C1. The van der Waals surface area contributed by atoms with Gasteiger partial charge in [0.05, 0.1) is 12.6 Å². The van der Waals surface area contributed by atoms with Gasteiger partial charge in [-0.2, -0.15) is 0 Å². The molecular formula is C8H15NO3. The van der Waals surface area contributed by atoms with Crippen molar-refractivity contribution in [2.75, 3.05) is 13.2 Å². The largest absolute Gasteiger partial charge is 0.465 e. The second-order valence-electron chi connectivity index (χ2n) is 3.45. The minimum Gasteiger partial charge on any atom is -0.465 e. The lowest BCUT2D eigenvalue weighted by Gasteiger charge is -2.35. The number of hydrogen-bond donors (Lipinski definition) is 2. The molecule has 0 aromatic carbocycles. The van der Waals surface area contributed by atoms with E-state index in [0.29, 0.717) is 12.5 Å². The summed E-state index contributed by atoms with van der Waals surface area (Å²) < 4.78 is 0. The summed E-state index contributed by atoms with van der Waals surface area (Å²) in [6.07, 6.45) is 0.875. The fraction of sp³-hybridized carbons (Fsp3) is 0.875. The monoisotopic (exact) mass is 173 g/mol. The first-order valence-electron chi connectivity index (χ1n) is 4.25. The maximum Gasteiger partial charge on any atom is 0.407 e. The Morgan fingerprint density at radius 3 is 2.75 bits per heavy atom. The van der Waals surface area contributed by atoms with Gasteiger partial charge in [0, 0.05) is 6.54 Å². The van der Waals surface area contributed by atoms with Gasteiger partial charge in [0.25, 0.3) is 0 Å². The van der Waals surface area contributed by atoms with E-state index in [0.717, 1.165) is 12.8 Å². The molecule has 1 amide bonds. The quantitative estimate of drug-likeness (QED) is 0.615. The Balaban J connectivity index is 2.58. The molecule has 2 N–H and O–H groups in total. The number of likely N-dealkylation sites (tertiary alicyclic amines) is 1. The van der Waals surface area contributed by atoms with Gasteiger partial charge < -0.3 is 15.1 Å². The highest BCUT2D eigenvalue weighted by Gasteiger charge is 2.28. The van der Waals surface area contributed by atoms with Crippen LogP contribution in [0, 0.1) is 5.92 Å². The molecule has 1 saturated heterocycles. The van der Waals surface area contributed by atoms with Crippen LogP contribution in [0.15, 0.2) is 0 Å². The van der Waals surface area contributed by atoms with Gasteiger partial charge in [-0.1, -0.05) is 6.92 Å². The van der Waals surface area contributed by atoms with Crippen LogP contribution in [0.5, 0.6) is 0 Å². The topological polar surface area (TPSA) is 60.8 Å². The maximum absolute atomic E-state index is 10.7. The van der Waals surface area contributed by atoms with E-state index in [1.54, 1.807) is 0 Å². The van der Waals surface area contributed by atoms with Crippen LogP contribution in [0.4, 0.5) is 4.79 Å². The lowest BCUT2D eigenvalue weighted by molar-refractivity contribution is 0.0624. The van der Waals surface area contributed by atoms with Gasteiger partial charge in [0.1, 0.15) is 0 Å². The zero-order valence-corrected chi connectivity index (χ0v) is 7.23. The van der Waals surface area contributed by atoms with Crippen LogP contribution >= 0.6 is 0 Å². The van der Waals surface area contributed by atoms with Crippen molar-refractivity contribution in [2.24, 2.45) is 5.92 Å². The molecule has 0 aromatic rings. The number of nitrogens with zero attached hydrogens (tertiary/aromatic N) is 1. The molecule has 0 aliphatic carbocycles. The summed E-state index contributed by atoms with van der Waals surface area (Å²) in [4.78, 5) is 12.0. The first-order valence-corrected chi connectivity index (χ1v) is 4.25. The number of carboxylic acid groups (broad SMARTS) is 1. The summed E-state index contributed by atoms with van der Waals surface area (Å²) >= 11 is 0. The summed E-state index contributed by atoms with van der Waals surface area (Å²) in [7, 11) is 0. The predicted molar refractivity (Wildman–Crippen MR) is 44.0 cm³/mol. The van der Waals surface area contributed by atoms with E-state index in [4.69, 9.17) is 10.2 Å². The van der Waals surface area contributed by atoms with Gasteiger partial charge in [0.2, 0.25) is 0 Å². The summed E-state index contributed by atoms with van der Waals surface area (Å²) in [5, 5.41) is 17.7. The zero-order chi connectivity index (χ0) is 9.14. The van der Waals surface area contributed by atoms with Crippen LogP contribution in [-0.2, 0) is 0 Å². The fourth-order valence-corrected chi connectivity index (χ4v) is 1.63. The number of aliphatic hydroxyl groups is 1. The Bertz CT molecular complexity index is 172. The second-order valence-corrected chi connectivity index (χ2v) is 3.45. The van der Waals surface area contributed by atoms with Crippen LogP contribution in [-0.4, -0.2) is 40.4 Å². The van der Waals surface area contributed by atoms with E-state index in [2.05, 4.69) is 0 Å². The van der Waals surface area contributed by atoms with Gasteiger partial charge in [-0.25, -0.2) is 4.79 Å². The Kier molecular flexibility index (Phi) is 2.92. The Hall–Kier alpha value is -0.770. The van der Waals surface area contributed by atoms with E-state index < -0.39 is 6.09 Å². The van der Waals surface area contributed by atoms with Gasteiger partial charge in [-0.3, -0.25) is 0 Å². The molecule has 1 heterocycles. The van der Waals surface area contributed by atoms with Gasteiger partial charge in [-0.05, 0) is 18.8 Å². The van der Waals surface area contributed by atoms with Crippen molar-refractivity contribution in [1.82, 2.24) is 4.90 Å². The first-order chi connectivity index (χ1) is 5.65. The minimum atomic E-state index is -0.916. The third kappa shape index (κ3) is 1.88. The molecule has 2 atom stereocenters. The number of carbonyl (C=O) groups is 1. The average molecular weight is 173 g/mol. The van der Waals surface area contributed by atoms with Crippen LogP contribution in [0.2, 0.25) is 0 Å². The lowest BCUT2D eigenvalue weighted by atomic mass is 9.95. The fourth-order valence-electron chi connectivity index (χ4n) is 1.63. The van der Waals surface area contributed by atoms with Gasteiger partial charge >= 0.3 is 6.09 Å². The summed E-state index contributed by atoms with van der Waals surface area (Å²) in [5.41, 5.74) is 0. The molecule has 1 aliphatic heterocycles. The van der Waals surface area contributed by atoms with E-state index in [9.17, 15) is 4.79 Å². The van der Waals surface area contributed by atoms with E-state index in [-0.39, 0.29) is 12.6 Å². The van der Waals surface area contributed by atoms with Crippen LogP contribution in [0.25, 0.3) is 0 Å². The first kappa shape index (κ1) is 9.32. The highest BCUT2D eigenvalue weighted by molar-refractivity contribution is 5.65. The molecule has 4 heteroatoms. The van der Waals surface area contributed by atoms with Crippen molar-refractivity contribution in [3.05, 3.63) is 0 Å². The molecule has 1 aliphatic rings. The molecule has 0 unspecified atom stereocenters. The minimum absolute atomic E-state index is 0.0565. The van der Waals surface area contributed by atoms with Gasteiger partial charge in [0.15, 0.2) is 0 Å². The van der Waals surface area contributed by atoms with E-state index >= 15 is 0 Å². The van der Waals surface area contributed by atoms with Gasteiger partial charge in [-0.15, -0.1) is 0 Å². The number of rotatable bonds is 1. The van der Waals surface area contributed by atoms with Crippen molar-refractivity contribution < 1.29 is 15.0 Å². The highest BCUT2D eigenvalue weighted by Crippen LogP contribution is 2.21. The molecule has 0 bridgehead atoms. The summed E-state index contributed by atoms with van der Waals surface area (Å²) in [6, 6.07) is -0.182. The average Bonchev–Trinajstić information content (AvgIpc) is 2.04. The molecule has 70 valence electrons. The van der Waals surface area contributed by atoms with Crippen LogP contribution in [0.1, 0.15) is 19.8 Å². The molecule has 1 rings (SSSR count). The van der Waals surface area contributed by atoms with Crippen molar-refractivity contribution in [1.29, 1.82) is 0 Å². The normalized spacial score (nSPS) is 30.3. The number of piperidine rings is 1. The van der Waals surface area contributed by atoms with Crippen LogP contribution < -0.4 is 0 Å². The lowest BCUT2D eigenvalue weighted by Crippen LogP contribution is -2.47. The second kappa shape index (κ2) is 3.76. The molecular weight excluding hydrogens is 158 g/mol. The van der Waals surface area contributed by atoms with Crippen molar-refractivity contribution in [2.45, 2.75) is 25.8 Å². The molecule has 0 saturated carbocycles.